The molecular formula is C11H19N3O3. The molecule has 1 heterocycles. The molecule has 0 radical (unpaired) electrons. The molecule has 3 amide bonds. The number of hydrogen-bond acceptors (Lipinski definition) is 4. The maximum absolute atomic E-state index is 11.7. The van der Waals surface area contributed by atoms with Crippen molar-refractivity contribution in [1.29, 1.82) is 0 Å². The summed E-state index contributed by atoms with van der Waals surface area (Å²) in [5.74, 6) is -0.933. The lowest BCUT2D eigenvalue weighted by Gasteiger charge is -2.28. The lowest BCUT2D eigenvalue weighted by Crippen LogP contribution is -2.53. The average molecular weight is 241 g/mol. The summed E-state index contributed by atoms with van der Waals surface area (Å²) in [7, 11) is 1.44. The first-order valence-corrected chi connectivity index (χ1v) is 5.78. The fourth-order valence-corrected chi connectivity index (χ4v) is 1.74. The van der Waals surface area contributed by atoms with E-state index in [-0.39, 0.29) is 23.6 Å². The van der Waals surface area contributed by atoms with Crippen LogP contribution in [-0.4, -0.2) is 42.3 Å². The molecule has 0 aromatic heterocycles. The van der Waals surface area contributed by atoms with Gasteiger partial charge in [-0.1, -0.05) is 6.92 Å². The molecule has 2 atom stereocenters. The van der Waals surface area contributed by atoms with Crippen LogP contribution >= 0.6 is 0 Å². The molecule has 2 unspecified atom stereocenters. The summed E-state index contributed by atoms with van der Waals surface area (Å²) in [6.45, 7) is 2.20. The Morgan fingerprint density at radius 3 is 2.82 bits per heavy atom. The molecule has 6 nitrogen and oxygen atoms in total. The van der Waals surface area contributed by atoms with Crippen molar-refractivity contribution >= 4 is 17.7 Å². The Hall–Kier alpha value is -1.43. The van der Waals surface area contributed by atoms with Gasteiger partial charge in [0.2, 0.25) is 11.8 Å². The van der Waals surface area contributed by atoms with Crippen molar-refractivity contribution in [1.82, 2.24) is 10.2 Å². The highest BCUT2D eigenvalue weighted by atomic mass is 16.2. The van der Waals surface area contributed by atoms with Crippen LogP contribution < -0.4 is 11.1 Å². The topological polar surface area (TPSA) is 92.5 Å². The number of piperidine rings is 1. The SMILES string of the molecule is CC(CCN)C(=O)NC1CCC(=O)N(C)C1=O. The van der Waals surface area contributed by atoms with Crippen LogP contribution in [-0.2, 0) is 14.4 Å². The van der Waals surface area contributed by atoms with Crippen molar-refractivity contribution < 1.29 is 14.4 Å². The maximum Gasteiger partial charge on any atom is 0.251 e. The van der Waals surface area contributed by atoms with Crippen LogP contribution in [0.3, 0.4) is 0 Å². The molecule has 0 aromatic rings. The molecule has 0 aromatic carbocycles. The molecule has 1 aliphatic rings. The van der Waals surface area contributed by atoms with E-state index in [1.54, 1.807) is 6.92 Å². The summed E-state index contributed by atoms with van der Waals surface area (Å²) in [6, 6.07) is -0.578. The van der Waals surface area contributed by atoms with Crippen LogP contribution in [0.15, 0.2) is 0 Å². The zero-order chi connectivity index (χ0) is 13.0. The van der Waals surface area contributed by atoms with Crippen molar-refractivity contribution in [2.24, 2.45) is 11.7 Å². The Morgan fingerprint density at radius 2 is 2.24 bits per heavy atom. The third kappa shape index (κ3) is 3.26. The summed E-state index contributed by atoms with van der Waals surface area (Å²) in [5, 5.41) is 2.67. The van der Waals surface area contributed by atoms with Crippen molar-refractivity contribution in [3.05, 3.63) is 0 Å². The number of hydrogen-bond donors (Lipinski definition) is 2. The number of amides is 3. The highest BCUT2D eigenvalue weighted by Gasteiger charge is 2.33. The number of likely N-dealkylation sites (N-methyl/N-ethyl adjacent to an activating group) is 1. The number of carbonyl (C=O) groups is 3. The zero-order valence-electron chi connectivity index (χ0n) is 10.2. The second kappa shape index (κ2) is 5.77. The standard InChI is InChI=1S/C11H19N3O3/c1-7(5-6-12)10(16)13-8-3-4-9(15)14(2)11(8)17/h7-8H,3-6,12H2,1-2H3,(H,13,16). The molecule has 0 spiro atoms. The lowest BCUT2D eigenvalue weighted by molar-refractivity contribution is -0.149. The molecular weight excluding hydrogens is 222 g/mol. The quantitative estimate of drug-likeness (QED) is 0.632. The van der Waals surface area contributed by atoms with Gasteiger partial charge in [-0.3, -0.25) is 19.3 Å². The molecule has 1 saturated heterocycles. The smallest absolute Gasteiger partial charge is 0.251 e. The molecule has 3 N–H and O–H groups in total. The van der Waals surface area contributed by atoms with Crippen LogP contribution in [0.2, 0.25) is 0 Å². The fourth-order valence-electron chi connectivity index (χ4n) is 1.74. The zero-order valence-corrected chi connectivity index (χ0v) is 10.2. The third-order valence-electron chi connectivity index (χ3n) is 3.01. The largest absolute Gasteiger partial charge is 0.344 e. The number of likely N-dealkylation sites (tertiary alicyclic amines) is 1. The maximum atomic E-state index is 11.7. The van der Waals surface area contributed by atoms with E-state index in [0.29, 0.717) is 25.8 Å². The monoisotopic (exact) mass is 241 g/mol. The van der Waals surface area contributed by atoms with Crippen molar-refractivity contribution in [2.45, 2.75) is 32.2 Å². The van der Waals surface area contributed by atoms with Gasteiger partial charge in [0.15, 0.2) is 0 Å². The predicted molar refractivity (Wildman–Crippen MR) is 61.8 cm³/mol. The van der Waals surface area contributed by atoms with Gasteiger partial charge in [-0.05, 0) is 19.4 Å². The van der Waals surface area contributed by atoms with E-state index in [2.05, 4.69) is 5.32 Å². The summed E-state index contributed by atoms with van der Waals surface area (Å²) >= 11 is 0. The lowest BCUT2D eigenvalue weighted by atomic mass is 10.0. The number of nitrogens with two attached hydrogens (primary N) is 1. The number of carbonyl (C=O) groups excluding carboxylic acids is 3. The minimum Gasteiger partial charge on any atom is -0.344 e. The second-order valence-corrected chi connectivity index (χ2v) is 4.37. The molecule has 96 valence electrons. The van der Waals surface area contributed by atoms with Crippen molar-refractivity contribution in [2.75, 3.05) is 13.6 Å². The second-order valence-electron chi connectivity index (χ2n) is 4.37. The van der Waals surface area contributed by atoms with E-state index < -0.39 is 6.04 Å². The van der Waals surface area contributed by atoms with Crippen LogP contribution in [0.25, 0.3) is 0 Å². The van der Waals surface area contributed by atoms with Gasteiger partial charge >= 0.3 is 0 Å². The van der Waals surface area contributed by atoms with Crippen LogP contribution in [0.1, 0.15) is 26.2 Å². The van der Waals surface area contributed by atoms with E-state index >= 15 is 0 Å². The van der Waals surface area contributed by atoms with Gasteiger partial charge in [-0.15, -0.1) is 0 Å². The molecule has 0 bridgehead atoms. The highest BCUT2D eigenvalue weighted by molar-refractivity contribution is 6.01. The van der Waals surface area contributed by atoms with Gasteiger partial charge in [0.05, 0.1) is 0 Å². The minimum atomic E-state index is -0.578. The molecule has 0 aliphatic carbocycles. The summed E-state index contributed by atoms with van der Waals surface area (Å²) in [5.41, 5.74) is 5.37. The number of imide groups is 1. The molecule has 0 saturated carbocycles. The van der Waals surface area contributed by atoms with Crippen LogP contribution in [0.5, 0.6) is 0 Å². The Labute approximate surface area is 101 Å². The Bertz CT molecular complexity index is 330. The van der Waals surface area contributed by atoms with E-state index in [9.17, 15) is 14.4 Å². The number of nitrogens with one attached hydrogen (secondary N) is 1. The van der Waals surface area contributed by atoms with Gasteiger partial charge in [-0.2, -0.15) is 0 Å². The first kappa shape index (κ1) is 13.6. The van der Waals surface area contributed by atoms with Crippen LogP contribution in [0.4, 0.5) is 0 Å². The molecule has 6 heteroatoms. The normalized spacial score (nSPS) is 22.5. The average Bonchev–Trinajstić information content (AvgIpc) is 2.30. The summed E-state index contributed by atoms with van der Waals surface area (Å²) < 4.78 is 0. The van der Waals surface area contributed by atoms with E-state index in [0.717, 1.165) is 4.90 Å². The Balaban J connectivity index is 2.54. The van der Waals surface area contributed by atoms with Crippen molar-refractivity contribution in [3.8, 4) is 0 Å². The van der Waals surface area contributed by atoms with Crippen LogP contribution in [0, 0.1) is 5.92 Å². The minimum absolute atomic E-state index is 0.184. The van der Waals surface area contributed by atoms with Gasteiger partial charge in [-0.25, -0.2) is 0 Å². The number of rotatable bonds is 4. The first-order valence-electron chi connectivity index (χ1n) is 5.78. The van der Waals surface area contributed by atoms with E-state index in [1.807, 2.05) is 0 Å². The molecule has 17 heavy (non-hydrogen) atoms. The molecule has 1 fully saturated rings. The van der Waals surface area contributed by atoms with Gasteiger partial charge < -0.3 is 11.1 Å². The molecule has 1 rings (SSSR count). The summed E-state index contributed by atoms with van der Waals surface area (Å²) in [6.07, 6.45) is 1.25. The number of nitrogens with zero attached hydrogens (tertiary/aromatic N) is 1. The van der Waals surface area contributed by atoms with Crippen molar-refractivity contribution in [3.63, 3.8) is 0 Å². The van der Waals surface area contributed by atoms with Gasteiger partial charge in [0, 0.05) is 19.4 Å². The van der Waals surface area contributed by atoms with Gasteiger partial charge in [0.1, 0.15) is 6.04 Å². The highest BCUT2D eigenvalue weighted by Crippen LogP contribution is 2.12. The Kier molecular flexibility index (Phi) is 4.62. The first-order chi connectivity index (χ1) is 7.97. The molecule has 1 aliphatic heterocycles. The van der Waals surface area contributed by atoms with E-state index in [4.69, 9.17) is 5.73 Å². The fraction of sp³-hybridized carbons (Fsp3) is 0.727. The summed E-state index contributed by atoms with van der Waals surface area (Å²) in [4.78, 5) is 35.7. The van der Waals surface area contributed by atoms with Gasteiger partial charge in [0.25, 0.3) is 5.91 Å². The van der Waals surface area contributed by atoms with E-state index in [1.165, 1.54) is 7.05 Å². The predicted octanol–water partition coefficient (Wildman–Crippen LogP) is -0.765. The third-order valence-corrected chi connectivity index (χ3v) is 3.01. The Morgan fingerprint density at radius 1 is 1.59 bits per heavy atom.